The third kappa shape index (κ3) is 1.95. The lowest BCUT2D eigenvalue weighted by Gasteiger charge is -2.18. The van der Waals surface area contributed by atoms with Crippen LogP contribution in [0.3, 0.4) is 0 Å². The summed E-state index contributed by atoms with van der Waals surface area (Å²) in [5.74, 6) is -0.371. The smallest absolute Gasteiger partial charge is 0.163 e. The predicted molar refractivity (Wildman–Crippen MR) is 50.5 cm³/mol. The highest BCUT2D eigenvalue weighted by atomic mass is 32.1. The summed E-state index contributed by atoms with van der Waals surface area (Å²) in [5.41, 5.74) is 0. The van der Waals surface area contributed by atoms with Gasteiger partial charge in [0.25, 0.3) is 0 Å². The predicted octanol–water partition coefficient (Wildman–Crippen LogP) is 1.99. The molecule has 0 aromatic heterocycles. The molecule has 1 saturated carbocycles. The lowest BCUT2D eigenvalue weighted by atomic mass is 10.2. The van der Waals surface area contributed by atoms with Gasteiger partial charge >= 0.3 is 0 Å². The first-order chi connectivity index (χ1) is 5.49. The van der Waals surface area contributed by atoms with Crippen LogP contribution in [0, 0.1) is 0 Å². The van der Waals surface area contributed by atoms with Crippen molar-refractivity contribution in [2.75, 3.05) is 6.61 Å². The van der Waals surface area contributed by atoms with Gasteiger partial charge in [0.1, 0.15) is 0 Å². The lowest BCUT2D eigenvalue weighted by Crippen LogP contribution is -2.23. The fourth-order valence-corrected chi connectivity index (χ4v) is 1.95. The first-order valence-electron chi connectivity index (χ1n) is 4.53. The number of thiol groups is 1. The molecule has 2 rings (SSSR count). The molecular formula is C9H16O2S. The fraction of sp³-hybridized carbons (Fsp3) is 1.00. The van der Waals surface area contributed by atoms with Crippen LogP contribution in [0.1, 0.15) is 33.1 Å². The van der Waals surface area contributed by atoms with Gasteiger partial charge in [0.05, 0.1) is 12.7 Å². The number of rotatable bonds is 2. The molecule has 0 aromatic carbocycles. The van der Waals surface area contributed by atoms with Crippen LogP contribution in [-0.2, 0) is 9.47 Å². The number of ether oxygens (including phenoxy) is 2. The molecule has 2 nitrogen and oxygen atoms in total. The minimum absolute atomic E-state index is 0.264. The van der Waals surface area contributed by atoms with E-state index in [1.165, 1.54) is 12.8 Å². The van der Waals surface area contributed by atoms with Crippen molar-refractivity contribution >= 4 is 12.6 Å². The second-order valence-electron chi connectivity index (χ2n) is 4.38. The van der Waals surface area contributed by atoms with Crippen molar-refractivity contribution in [3.05, 3.63) is 0 Å². The zero-order valence-electron chi connectivity index (χ0n) is 7.67. The van der Waals surface area contributed by atoms with E-state index in [1.54, 1.807) is 0 Å². The van der Waals surface area contributed by atoms with Crippen molar-refractivity contribution in [2.45, 2.75) is 49.7 Å². The third-order valence-corrected chi connectivity index (χ3v) is 3.13. The van der Waals surface area contributed by atoms with Crippen LogP contribution in [0.2, 0.25) is 0 Å². The van der Waals surface area contributed by atoms with Crippen molar-refractivity contribution in [1.82, 2.24) is 0 Å². The highest BCUT2D eigenvalue weighted by Gasteiger charge is 2.44. The monoisotopic (exact) mass is 188 g/mol. The van der Waals surface area contributed by atoms with Crippen molar-refractivity contribution < 1.29 is 9.47 Å². The van der Waals surface area contributed by atoms with Crippen LogP contribution in [-0.4, -0.2) is 23.2 Å². The number of hydrogen-bond acceptors (Lipinski definition) is 3. The van der Waals surface area contributed by atoms with Gasteiger partial charge in [0.2, 0.25) is 0 Å². The summed E-state index contributed by atoms with van der Waals surface area (Å²) < 4.78 is 11.4. The van der Waals surface area contributed by atoms with Crippen molar-refractivity contribution in [1.29, 1.82) is 0 Å². The van der Waals surface area contributed by atoms with E-state index in [9.17, 15) is 0 Å². The Morgan fingerprint density at radius 2 is 2.08 bits per heavy atom. The maximum atomic E-state index is 5.69. The van der Waals surface area contributed by atoms with Gasteiger partial charge in [0, 0.05) is 4.75 Å². The van der Waals surface area contributed by atoms with Crippen LogP contribution in [0.5, 0.6) is 0 Å². The summed E-state index contributed by atoms with van der Waals surface area (Å²) in [4.78, 5) is 0. The van der Waals surface area contributed by atoms with Crippen molar-refractivity contribution in [2.24, 2.45) is 0 Å². The zero-order chi connectivity index (χ0) is 8.82. The zero-order valence-corrected chi connectivity index (χ0v) is 8.56. The molecular weight excluding hydrogens is 172 g/mol. The average molecular weight is 188 g/mol. The van der Waals surface area contributed by atoms with Gasteiger partial charge in [-0.05, 0) is 33.1 Å². The van der Waals surface area contributed by atoms with Gasteiger partial charge in [0.15, 0.2) is 5.79 Å². The largest absolute Gasteiger partial charge is 0.348 e. The Kier molecular flexibility index (Phi) is 1.94. The van der Waals surface area contributed by atoms with E-state index in [0.29, 0.717) is 0 Å². The summed E-state index contributed by atoms with van der Waals surface area (Å²) in [6.45, 7) is 4.66. The molecule has 70 valence electrons. The molecule has 0 unspecified atom stereocenters. The van der Waals surface area contributed by atoms with E-state index in [2.05, 4.69) is 12.6 Å². The van der Waals surface area contributed by atoms with Gasteiger partial charge in [-0.2, -0.15) is 12.6 Å². The highest BCUT2D eigenvalue weighted by Crippen LogP contribution is 2.47. The maximum absolute atomic E-state index is 5.69. The van der Waals surface area contributed by atoms with E-state index in [4.69, 9.17) is 9.47 Å². The summed E-state index contributed by atoms with van der Waals surface area (Å²) in [5, 5.41) is 0. The topological polar surface area (TPSA) is 18.5 Å². The maximum Gasteiger partial charge on any atom is 0.163 e. The fourth-order valence-electron chi connectivity index (χ4n) is 1.64. The minimum Gasteiger partial charge on any atom is -0.348 e. The summed E-state index contributed by atoms with van der Waals surface area (Å²) in [6, 6.07) is 0. The molecule has 0 radical (unpaired) electrons. The number of hydrogen-bond donors (Lipinski definition) is 1. The van der Waals surface area contributed by atoms with Gasteiger partial charge in [-0.25, -0.2) is 0 Å². The summed E-state index contributed by atoms with van der Waals surface area (Å²) in [6.07, 6.45) is 3.77. The Morgan fingerprint density at radius 3 is 2.50 bits per heavy atom. The first kappa shape index (κ1) is 8.85. The van der Waals surface area contributed by atoms with Crippen LogP contribution in [0.4, 0.5) is 0 Å². The normalized spacial score (nSPS) is 36.8. The van der Waals surface area contributed by atoms with Gasteiger partial charge in [-0.15, -0.1) is 0 Å². The van der Waals surface area contributed by atoms with Gasteiger partial charge in [-0.1, -0.05) is 0 Å². The average Bonchev–Trinajstić information content (AvgIpc) is 2.53. The molecule has 1 aliphatic heterocycles. The molecule has 0 N–H and O–H groups in total. The van der Waals surface area contributed by atoms with Crippen molar-refractivity contribution in [3.63, 3.8) is 0 Å². The first-order valence-corrected chi connectivity index (χ1v) is 4.98. The van der Waals surface area contributed by atoms with E-state index < -0.39 is 0 Å². The molecule has 0 bridgehead atoms. The minimum atomic E-state index is -0.371. The molecule has 0 spiro atoms. The lowest BCUT2D eigenvalue weighted by molar-refractivity contribution is -0.139. The van der Waals surface area contributed by atoms with Crippen LogP contribution < -0.4 is 0 Å². The summed E-state index contributed by atoms with van der Waals surface area (Å²) in [7, 11) is 0. The summed E-state index contributed by atoms with van der Waals surface area (Å²) >= 11 is 4.56. The standard InChI is InChI=1S/C9H16O2S/c1-8(2)10-6-7(11-8)5-9(12)3-4-9/h7,12H,3-6H2,1-2H3/t7-/m0/s1. The van der Waals surface area contributed by atoms with Gasteiger partial charge in [-0.3, -0.25) is 0 Å². The molecule has 2 aliphatic rings. The quantitative estimate of drug-likeness (QED) is 0.668. The molecule has 1 saturated heterocycles. The molecule has 12 heavy (non-hydrogen) atoms. The van der Waals surface area contributed by atoms with Crippen LogP contribution in [0.25, 0.3) is 0 Å². The highest BCUT2D eigenvalue weighted by molar-refractivity contribution is 7.82. The Balaban J connectivity index is 1.84. The Hall–Kier alpha value is 0.270. The molecule has 1 atom stereocenters. The Labute approximate surface area is 79.0 Å². The van der Waals surface area contributed by atoms with Crippen LogP contribution in [0.15, 0.2) is 0 Å². The SMILES string of the molecule is CC1(C)OC[C@H](CC2(S)CC2)O1. The third-order valence-electron chi connectivity index (χ3n) is 2.50. The van der Waals surface area contributed by atoms with E-state index >= 15 is 0 Å². The molecule has 1 aliphatic carbocycles. The Bertz CT molecular complexity index is 187. The van der Waals surface area contributed by atoms with Crippen LogP contribution >= 0.6 is 12.6 Å². The second-order valence-corrected chi connectivity index (χ2v) is 5.33. The molecule has 0 aromatic rings. The van der Waals surface area contributed by atoms with Gasteiger partial charge < -0.3 is 9.47 Å². The van der Waals surface area contributed by atoms with E-state index in [0.717, 1.165) is 13.0 Å². The molecule has 3 heteroatoms. The van der Waals surface area contributed by atoms with E-state index in [-0.39, 0.29) is 16.6 Å². The molecule has 2 fully saturated rings. The molecule has 1 heterocycles. The van der Waals surface area contributed by atoms with Crippen molar-refractivity contribution in [3.8, 4) is 0 Å². The Morgan fingerprint density at radius 1 is 1.42 bits per heavy atom. The van der Waals surface area contributed by atoms with E-state index in [1.807, 2.05) is 13.8 Å². The second kappa shape index (κ2) is 2.63. The molecule has 0 amide bonds.